The number of rotatable bonds is 1. The molecular weight excluding hydrogens is 366 g/mol. The first-order valence-electron chi connectivity index (χ1n) is 11.5. The average Bonchev–Trinajstić information content (AvgIpc) is 2.73. The molecule has 1 saturated heterocycles. The largest absolute Gasteiger partial charge is 0.384 e. The van der Waals surface area contributed by atoms with Gasteiger partial charge in [0.25, 0.3) is 0 Å². The van der Waals surface area contributed by atoms with Gasteiger partial charge < -0.3 is 10.6 Å². The van der Waals surface area contributed by atoms with E-state index in [1.807, 2.05) is 12.1 Å². The zero-order chi connectivity index (χ0) is 20.6. The van der Waals surface area contributed by atoms with E-state index < -0.39 is 0 Å². The Bertz CT molecular complexity index is 331. The molecule has 1 aliphatic heterocycles. The van der Waals surface area contributed by atoms with E-state index >= 15 is 0 Å². The Morgan fingerprint density at radius 3 is 1.27 bits per heavy atom. The van der Waals surface area contributed by atoms with Crippen LogP contribution in [0.5, 0.6) is 0 Å². The summed E-state index contributed by atoms with van der Waals surface area (Å²) in [5.74, 6) is 0.572. The molecule has 0 aromatic carbocycles. The molecule has 2 aliphatic rings. The fourth-order valence-electron chi connectivity index (χ4n) is 2.71. The molecule has 2 heterocycles. The SMILES string of the molecule is C.C.C.C1CCCCC1.CCC.CCC.CCN1CCCCC1.Nc1ccccn1. The van der Waals surface area contributed by atoms with Crippen molar-refractivity contribution in [3.63, 3.8) is 0 Å². The third-order valence-electron chi connectivity index (χ3n) is 4.08. The fourth-order valence-corrected chi connectivity index (χ4v) is 2.71. The highest BCUT2D eigenvalue weighted by molar-refractivity contribution is 5.25. The van der Waals surface area contributed by atoms with Crippen molar-refractivity contribution in [2.24, 2.45) is 0 Å². The standard InChI is InChI=1S/C7H15N.C6H12.C5H6N2.2C3H8.3CH4/c1-2-8-6-4-3-5-7-8;1-2-4-6-5-3-1;6-5-3-1-2-4-7-5;2*1-3-2;;;/h2-7H2,1H3;1-6H2;1-4H,(H2,6,7);2*3H2,1-2H3;3*1H4. The topological polar surface area (TPSA) is 42.1 Å². The van der Waals surface area contributed by atoms with Crippen LogP contribution in [0.4, 0.5) is 5.82 Å². The highest BCUT2D eigenvalue weighted by Gasteiger charge is 2.05. The second-order valence-corrected chi connectivity index (χ2v) is 7.29. The molecule has 0 radical (unpaired) electrons. The highest BCUT2D eigenvalue weighted by atomic mass is 15.1. The molecule has 1 aliphatic carbocycles. The first-order valence-corrected chi connectivity index (χ1v) is 11.5. The molecule has 3 nitrogen and oxygen atoms in total. The lowest BCUT2D eigenvalue weighted by molar-refractivity contribution is 0.240. The van der Waals surface area contributed by atoms with Crippen molar-refractivity contribution in [1.29, 1.82) is 0 Å². The summed E-state index contributed by atoms with van der Waals surface area (Å²) < 4.78 is 0. The molecule has 30 heavy (non-hydrogen) atoms. The van der Waals surface area contributed by atoms with Gasteiger partial charge in [-0.2, -0.15) is 0 Å². The predicted octanol–water partition coefficient (Wildman–Crippen LogP) is 9.24. The molecule has 3 rings (SSSR count). The molecule has 0 bridgehead atoms. The number of piperidine rings is 1. The van der Waals surface area contributed by atoms with Gasteiger partial charge in [0, 0.05) is 6.20 Å². The molecular formula is C27H61N3. The van der Waals surface area contributed by atoms with Gasteiger partial charge in [-0.3, -0.25) is 0 Å². The van der Waals surface area contributed by atoms with Gasteiger partial charge in [0.15, 0.2) is 0 Å². The van der Waals surface area contributed by atoms with Crippen molar-refractivity contribution in [3.8, 4) is 0 Å². The Labute approximate surface area is 193 Å². The maximum Gasteiger partial charge on any atom is 0.123 e. The maximum absolute atomic E-state index is 5.25. The van der Waals surface area contributed by atoms with Crippen molar-refractivity contribution in [1.82, 2.24) is 9.88 Å². The van der Waals surface area contributed by atoms with Gasteiger partial charge in [0.05, 0.1) is 0 Å². The Balaban J connectivity index is -0.0000000888. The van der Waals surface area contributed by atoms with Crippen LogP contribution in [-0.4, -0.2) is 29.5 Å². The van der Waals surface area contributed by atoms with Gasteiger partial charge in [0.2, 0.25) is 0 Å². The first-order chi connectivity index (χ1) is 13.2. The molecule has 3 heteroatoms. The van der Waals surface area contributed by atoms with Crippen LogP contribution >= 0.6 is 0 Å². The van der Waals surface area contributed by atoms with E-state index in [4.69, 9.17) is 5.73 Å². The summed E-state index contributed by atoms with van der Waals surface area (Å²) in [6.07, 6.45) is 17.5. The molecule has 184 valence electrons. The number of hydrogen-bond donors (Lipinski definition) is 1. The molecule has 2 N–H and O–H groups in total. The van der Waals surface area contributed by atoms with E-state index in [-0.39, 0.29) is 22.3 Å². The third-order valence-corrected chi connectivity index (χ3v) is 4.08. The summed E-state index contributed by atoms with van der Waals surface area (Å²) in [5, 5.41) is 0. The quantitative estimate of drug-likeness (QED) is 0.485. The maximum atomic E-state index is 5.25. The minimum Gasteiger partial charge on any atom is -0.384 e. The van der Waals surface area contributed by atoms with Gasteiger partial charge in [-0.25, -0.2) is 4.98 Å². The fraction of sp³-hybridized carbons (Fsp3) is 0.815. The van der Waals surface area contributed by atoms with E-state index in [1.54, 1.807) is 12.3 Å². The Hall–Kier alpha value is -1.09. The van der Waals surface area contributed by atoms with Crippen LogP contribution in [0.15, 0.2) is 24.4 Å². The molecule has 0 atom stereocenters. The number of hydrogen-bond acceptors (Lipinski definition) is 3. The van der Waals surface area contributed by atoms with Crippen molar-refractivity contribution in [2.45, 2.75) is 128 Å². The molecule has 2 fully saturated rings. The van der Waals surface area contributed by atoms with Crippen LogP contribution in [0, 0.1) is 0 Å². The Morgan fingerprint density at radius 1 is 0.700 bits per heavy atom. The van der Waals surface area contributed by atoms with Crippen LogP contribution in [0.25, 0.3) is 0 Å². The van der Waals surface area contributed by atoms with E-state index in [1.165, 1.54) is 90.3 Å². The Morgan fingerprint density at radius 2 is 1.07 bits per heavy atom. The Kier molecular flexibility index (Phi) is 46.4. The lowest BCUT2D eigenvalue weighted by Crippen LogP contribution is -2.29. The number of pyridine rings is 1. The smallest absolute Gasteiger partial charge is 0.123 e. The minimum absolute atomic E-state index is 0. The normalized spacial score (nSPS) is 14.3. The summed E-state index contributed by atoms with van der Waals surface area (Å²) in [6, 6.07) is 5.43. The average molecular weight is 428 g/mol. The van der Waals surface area contributed by atoms with Crippen LogP contribution in [0.1, 0.15) is 128 Å². The zero-order valence-corrected chi connectivity index (χ0v) is 19.2. The van der Waals surface area contributed by atoms with Crippen LogP contribution in [-0.2, 0) is 0 Å². The summed E-state index contributed by atoms with van der Waals surface area (Å²) in [7, 11) is 0. The number of anilines is 1. The van der Waals surface area contributed by atoms with E-state index in [0.717, 1.165) is 0 Å². The number of nitrogen functional groups attached to an aromatic ring is 1. The van der Waals surface area contributed by atoms with Gasteiger partial charge in [-0.05, 0) is 44.6 Å². The van der Waals surface area contributed by atoms with Gasteiger partial charge in [0.1, 0.15) is 5.82 Å². The van der Waals surface area contributed by atoms with Crippen molar-refractivity contribution >= 4 is 5.82 Å². The molecule has 0 amide bonds. The lowest BCUT2D eigenvalue weighted by Gasteiger charge is -2.24. The van der Waals surface area contributed by atoms with Crippen LogP contribution in [0.3, 0.4) is 0 Å². The summed E-state index contributed by atoms with van der Waals surface area (Å²) >= 11 is 0. The molecule has 1 saturated carbocycles. The molecule has 0 unspecified atom stereocenters. The predicted molar refractivity (Wildman–Crippen MR) is 144 cm³/mol. The van der Waals surface area contributed by atoms with E-state index in [0.29, 0.717) is 5.82 Å². The molecule has 1 aromatic rings. The summed E-state index contributed by atoms with van der Waals surface area (Å²) in [6.45, 7) is 14.7. The molecule has 0 spiro atoms. The van der Waals surface area contributed by atoms with Crippen molar-refractivity contribution in [2.75, 3.05) is 25.4 Å². The summed E-state index contributed by atoms with van der Waals surface area (Å²) in [4.78, 5) is 6.27. The summed E-state index contributed by atoms with van der Waals surface area (Å²) in [5.41, 5.74) is 5.25. The van der Waals surface area contributed by atoms with Gasteiger partial charge >= 0.3 is 0 Å². The van der Waals surface area contributed by atoms with E-state index in [9.17, 15) is 0 Å². The van der Waals surface area contributed by atoms with E-state index in [2.05, 4.69) is 44.5 Å². The number of nitrogens with two attached hydrogens (primary N) is 1. The zero-order valence-electron chi connectivity index (χ0n) is 19.2. The second-order valence-electron chi connectivity index (χ2n) is 7.29. The second kappa shape index (κ2) is 35.4. The van der Waals surface area contributed by atoms with Crippen molar-refractivity contribution < 1.29 is 0 Å². The minimum atomic E-state index is 0. The first kappa shape index (κ1) is 39.4. The highest BCUT2D eigenvalue weighted by Crippen LogP contribution is 2.15. The van der Waals surface area contributed by atoms with Crippen molar-refractivity contribution in [3.05, 3.63) is 24.4 Å². The molecule has 1 aromatic heterocycles. The number of nitrogens with zero attached hydrogens (tertiary/aromatic N) is 2. The van der Waals surface area contributed by atoms with Gasteiger partial charge in [-0.1, -0.05) is 121 Å². The third kappa shape index (κ3) is 34.4. The monoisotopic (exact) mass is 427 g/mol. The number of likely N-dealkylation sites (tertiary alicyclic amines) is 1. The lowest BCUT2D eigenvalue weighted by atomic mass is 10.0. The van der Waals surface area contributed by atoms with Crippen LogP contribution in [0.2, 0.25) is 0 Å². The van der Waals surface area contributed by atoms with Crippen LogP contribution < -0.4 is 5.73 Å². The van der Waals surface area contributed by atoms with Gasteiger partial charge in [-0.15, -0.1) is 0 Å². The number of aromatic nitrogens is 1.